The van der Waals surface area contributed by atoms with Gasteiger partial charge in [-0.05, 0) is 103 Å². The molecule has 9 heteroatoms. The summed E-state index contributed by atoms with van der Waals surface area (Å²) in [6.07, 6.45) is 0.837. The predicted molar refractivity (Wildman–Crippen MR) is 189 cm³/mol. The van der Waals surface area contributed by atoms with Gasteiger partial charge in [0.25, 0.3) is 0 Å². The van der Waals surface area contributed by atoms with E-state index in [4.69, 9.17) is 23.7 Å². The molecule has 8 nitrogen and oxygen atoms in total. The highest BCUT2D eigenvalue weighted by molar-refractivity contribution is 7.98. The summed E-state index contributed by atoms with van der Waals surface area (Å²) in [5.41, 5.74) is 4.78. The number of benzene rings is 3. The van der Waals surface area contributed by atoms with Crippen LogP contribution in [0.25, 0.3) is 0 Å². The summed E-state index contributed by atoms with van der Waals surface area (Å²) in [6, 6.07) is 24.7. The first kappa shape index (κ1) is 34.6. The molecule has 0 amide bonds. The van der Waals surface area contributed by atoms with Crippen molar-refractivity contribution in [2.75, 3.05) is 6.61 Å². The summed E-state index contributed by atoms with van der Waals surface area (Å²) in [5.74, 6) is 2.00. The van der Waals surface area contributed by atoms with Crippen molar-refractivity contribution in [1.82, 2.24) is 0 Å². The quantitative estimate of drug-likeness (QED) is 0.101. The van der Waals surface area contributed by atoms with Crippen LogP contribution in [-0.2, 0) is 45.5 Å². The van der Waals surface area contributed by atoms with Crippen LogP contribution in [0.2, 0.25) is 0 Å². The molecule has 50 heavy (non-hydrogen) atoms. The minimum Gasteiger partial charge on any atom is -0.494 e. The molecule has 8 atom stereocenters. The van der Waals surface area contributed by atoms with Gasteiger partial charge in [-0.15, -0.1) is 11.8 Å². The Balaban J connectivity index is 1.23. The SMILES string of the molecule is CCOc1ccc(Cc2cc([C@@H]3O[C@H](C[C@@H]4CC5C4C54CC4)[C@@H](OC(C)=O)[C@H](OC(C)=O)[C@H]3OC(C)=O)ccc2SCc2ccccc2)cc1. The van der Waals surface area contributed by atoms with E-state index in [-0.39, 0.29) is 0 Å². The maximum absolute atomic E-state index is 12.6. The second-order valence-corrected chi connectivity index (χ2v) is 15.3. The molecule has 3 saturated carbocycles. The fourth-order valence-electron chi connectivity index (χ4n) is 8.69. The Morgan fingerprint density at radius 1 is 0.820 bits per heavy atom. The Morgan fingerprint density at radius 3 is 2.14 bits per heavy atom. The maximum atomic E-state index is 12.6. The van der Waals surface area contributed by atoms with E-state index in [9.17, 15) is 14.4 Å². The Kier molecular flexibility index (Phi) is 9.99. The molecule has 3 aromatic carbocycles. The summed E-state index contributed by atoms with van der Waals surface area (Å²) >= 11 is 1.77. The molecule has 1 saturated heterocycles. The van der Waals surface area contributed by atoms with E-state index in [2.05, 4.69) is 36.4 Å². The Labute approximate surface area is 298 Å². The molecule has 3 aromatic rings. The van der Waals surface area contributed by atoms with Crippen LogP contribution in [0.15, 0.2) is 77.7 Å². The Bertz CT molecular complexity index is 1700. The summed E-state index contributed by atoms with van der Waals surface area (Å²) in [7, 11) is 0. The second-order valence-electron chi connectivity index (χ2n) is 14.3. The number of thioether (sulfide) groups is 1. The van der Waals surface area contributed by atoms with E-state index in [0.29, 0.717) is 36.7 Å². The highest BCUT2D eigenvalue weighted by Gasteiger charge is 2.78. The largest absolute Gasteiger partial charge is 0.494 e. The molecule has 3 aliphatic carbocycles. The lowest BCUT2D eigenvalue weighted by atomic mass is 9.78. The molecule has 1 heterocycles. The topological polar surface area (TPSA) is 97.4 Å². The third-order valence-electron chi connectivity index (χ3n) is 11.0. The van der Waals surface area contributed by atoms with Gasteiger partial charge >= 0.3 is 17.9 Å². The lowest BCUT2D eigenvalue weighted by Gasteiger charge is -2.46. The standard InChI is InChI=1S/C41H46O8S/c1-5-45-32-14-11-27(12-15-32)19-30-20-29(13-16-35(30)50-23-28-9-7-6-8-10-28)37-39(47-25(3)43)40(48-26(4)44)38(46-24(2)42)34(49-37)22-31-21-33-36(31)41(33)17-18-41/h6-16,20,31,33-34,36-40H,5,17-19,21-23H2,1-4H3/t31-,33?,34+,36?,37-,38+,39-,40-/m0/s1. The van der Waals surface area contributed by atoms with Gasteiger partial charge in [0, 0.05) is 31.4 Å². The monoisotopic (exact) mass is 698 g/mol. The minimum absolute atomic E-state index is 0.460. The molecule has 264 valence electrons. The van der Waals surface area contributed by atoms with Crippen LogP contribution in [0, 0.1) is 23.2 Å². The van der Waals surface area contributed by atoms with Crippen molar-refractivity contribution >= 4 is 29.7 Å². The van der Waals surface area contributed by atoms with Crippen molar-refractivity contribution in [2.45, 2.75) is 101 Å². The summed E-state index contributed by atoms with van der Waals surface area (Å²) in [4.78, 5) is 38.8. The highest BCUT2D eigenvalue weighted by atomic mass is 32.2. The van der Waals surface area contributed by atoms with E-state index >= 15 is 0 Å². The van der Waals surface area contributed by atoms with Crippen LogP contribution in [0.3, 0.4) is 0 Å². The molecule has 4 fully saturated rings. The smallest absolute Gasteiger partial charge is 0.303 e. The van der Waals surface area contributed by atoms with Crippen LogP contribution in [0.1, 0.15) is 81.7 Å². The van der Waals surface area contributed by atoms with Gasteiger partial charge in [0.15, 0.2) is 18.3 Å². The van der Waals surface area contributed by atoms with E-state index < -0.39 is 48.4 Å². The summed E-state index contributed by atoms with van der Waals surface area (Å²) in [6.45, 7) is 6.55. The van der Waals surface area contributed by atoms with E-state index in [0.717, 1.165) is 45.4 Å². The first-order chi connectivity index (χ1) is 24.1. The van der Waals surface area contributed by atoms with Crippen molar-refractivity contribution in [3.05, 3.63) is 95.1 Å². The van der Waals surface area contributed by atoms with Gasteiger partial charge in [-0.1, -0.05) is 54.6 Å². The van der Waals surface area contributed by atoms with Gasteiger partial charge in [0.05, 0.1) is 12.7 Å². The zero-order valence-electron chi connectivity index (χ0n) is 29.2. The molecule has 0 N–H and O–H groups in total. The summed E-state index contributed by atoms with van der Waals surface area (Å²) in [5, 5.41) is 0. The van der Waals surface area contributed by atoms with E-state index in [1.807, 2.05) is 43.3 Å². The average molecular weight is 699 g/mol. The molecule has 4 aliphatic rings. The molecule has 1 aliphatic heterocycles. The number of rotatable bonds is 13. The van der Waals surface area contributed by atoms with Gasteiger partial charge in [-0.2, -0.15) is 0 Å². The van der Waals surface area contributed by atoms with Crippen molar-refractivity contribution in [1.29, 1.82) is 0 Å². The number of fused-ring (bicyclic) bond motifs is 3. The zero-order valence-corrected chi connectivity index (χ0v) is 30.0. The van der Waals surface area contributed by atoms with Crippen LogP contribution in [0.5, 0.6) is 5.75 Å². The van der Waals surface area contributed by atoms with Crippen molar-refractivity contribution in [2.24, 2.45) is 23.2 Å². The predicted octanol–water partition coefficient (Wildman–Crippen LogP) is 7.64. The number of hydrogen-bond donors (Lipinski definition) is 0. The first-order valence-electron chi connectivity index (χ1n) is 17.8. The fraction of sp³-hybridized carbons (Fsp3) is 0.488. The number of esters is 3. The fourth-order valence-corrected chi connectivity index (χ4v) is 9.69. The minimum atomic E-state index is -1.03. The number of ether oxygens (including phenoxy) is 5. The molecule has 2 unspecified atom stereocenters. The third kappa shape index (κ3) is 7.31. The normalized spacial score (nSPS) is 28.5. The molecular formula is C41H46O8S. The van der Waals surface area contributed by atoms with Crippen molar-refractivity contribution in [3.63, 3.8) is 0 Å². The number of hydrogen-bond acceptors (Lipinski definition) is 9. The molecule has 1 spiro atoms. The second kappa shape index (κ2) is 14.4. The van der Waals surface area contributed by atoms with Crippen molar-refractivity contribution < 1.29 is 38.1 Å². The van der Waals surface area contributed by atoms with Crippen LogP contribution >= 0.6 is 11.8 Å². The highest BCUT2D eigenvalue weighted by Crippen LogP contribution is 2.85. The summed E-state index contributed by atoms with van der Waals surface area (Å²) < 4.78 is 30.3. The van der Waals surface area contributed by atoms with E-state index in [1.165, 1.54) is 39.2 Å². The van der Waals surface area contributed by atoms with Gasteiger partial charge < -0.3 is 23.7 Å². The molecular weight excluding hydrogens is 653 g/mol. The van der Waals surface area contributed by atoms with Crippen molar-refractivity contribution in [3.8, 4) is 5.75 Å². The average Bonchev–Trinajstić information content (AvgIpc) is 3.96. The van der Waals surface area contributed by atoms with Gasteiger partial charge in [0.1, 0.15) is 11.9 Å². The number of carbonyl (C=O) groups excluding carboxylic acids is 3. The Hall–Kier alpha value is -3.82. The third-order valence-corrected chi connectivity index (χ3v) is 12.2. The first-order valence-corrected chi connectivity index (χ1v) is 18.8. The van der Waals surface area contributed by atoms with Crippen LogP contribution in [0.4, 0.5) is 0 Å². The molecule has 0 radical (unpaired) electrons. The van der Waals surface area contributed by atoms with Gasteiger partial charge in [0.2, 0.25) is 0 Å². The Morgan fingerprint density at radius 2 is 1.50 bits per heavy atom. The zero-order chi connectivity index (χ0) is 35.0. The van der Waals surface area contributed by atoms with E-state index in [1.54, 1.807) is 11.8 Å². The molecule has 0 bridgehead atoms. The van der Waals surface area contributed by atoms with Crippen LogP contribution < -0.4 is 4.74 Å². The van der Waals surface area contributed by atoms with Gasteiger partial charge in [-0.3, -0.25) is 14.4 Å². The number of carbonyl (C=O) groups is 3. The lowest BCUT2D eigenvalue weighted by molar-refractivity contribution is -0.252. The van der Waals surface area contributed by atoms with Crippen LogP contribution in [-0.4, -0.2) is 48.9 Å². The van der Waals surface area contributed by atoms with Gasteiger partial charge in [-0.25, -0.2) is 0 Å². The molecule has 7 rings (SSSR count). The lowest BCUT2D eigenvalue weighted by Crippen LogP contribution is -2.59. The maximum Gasteiger partial charge on any atom is 0.303 e. The molecule has 0 aromatic heterocycles.